The number of nitrogens with zero attached hydrogens (tertiary/aromatic N) is 1. The van der Waals surface area contributed by atoms with Gasteiger partial charge in [-0.05, 0) is 18.4 Å². The molecule has 0 saturated heterocycles. The van der Waals surface area contributed by atoms with Gasteiger partial charge in [0.05, 0.1) is 0 Å². The molecule has 1 heterocycles. The van der Waals surface area contributed by atoms with Crippen molar-refractivity contribution in [2.75, 3.05) is 5.73 Å². The molecule has 4 nitrogen and oxygen atoms in total. The van der Waals surface area contributed by atoms with E-state index in [-0.39, 0.29) is 5.56 Å². The van der Waals surface area contributed by atoms with Crippen LogP contribution in [-0.2, 0) is 6.42 Å². The van der Waals surface area contributed by atoms with Crippen LogP contribution in [0.25, 0.3) is 0 Å². The Hall–Kier alpha value is -1.32. The van der Waals surface area contributed by atoms with Crippen LogP contribution >= 0.6 is 0 Å². The summed E-state index contributed by atoms with van der Waals surface area (Å²) in [5.41, 5.74) is 5.99. The van der Waals surface area contributed by atoms with Crippen molar-refractivity contribution >= 4 is 5.82 Å². The summed E-state index contributed by atoms with van der Waals surface area (Å²) in [4.78, 5) is 11.1. The van der Waals surface area contributed by atoms with Crippen LogP contribution in [0.15, 0.2) is 10.9 Å². The van der Waals surface area contributed by atoms with Gasteiger partial charge in [0.25, 0.3) is 5.56 Å². The Morgan fingerprint density at radius 2 is 2.33 bits per heavy atom. The summed E-state index contributed by atoms with van der Waals surface area (Å²) < 4.78 is 0. The monoisotopic (exact) mass is 167 g/mol. The molecule has 1 aromatic heterocycles. The van der Waals surface area contributed by atoms with Crippen molar-refractivity contribution in [2.24, 2.45) is 5.92 Å². The van der Waals surface area contributed by atoms with Crippen molar-refractivity contribution in [3.63, 3.8) is 0 Å². The van der Waals surface area contributed by atoms with E-state index < -0.39 is 0 Å². The highest BCUT2D eigenvalue weighted by Gasteiger charge is 2.03. The number of anilines is 1. The number of hydrogen-bond donors (Lipinski definition) is 2. The van der Waals surface area contributed by atoms with Gasteiger partial charge in [-0.3, -0.25) is 4.79 Å². The Bertz CT molecular complexity index is 316. The molecule has 4 heteroatoms. The summed E-state index contributed by atoms with van der Waals surface area (Å²) in [5.74, 6) is 0.818. The molecule has 12 heavy (non-hydrogen) atoms. The Morgan fingerprint density at radius 3 is 2.92 bits per heavy atom. The maximum absolute atomic E-state index is 11.1. The first-order valence-electron chi connectivity index (χ1n) is 3.93. The van der Waals surface area contributed by atoms with Gasteiger partial charge >= 0.3 is 0 Å². The largest absolute Gasteiger partial charge is 0.382 e. The molecular formula is C8H13N3O. The van der Waals surface area contributed by atoms with Crippen molar-refractivity contribution in [3.05, 3.63) is 22.0 Å². The first kappa shape index (κ1) is 8.77. The first-order chi connectivity index (χ1) is 5.59. The van der Waals surface area contributed by atoms with Gasteiger partial charge in [0.1, 0.15) is 5.82 Å². The zero-order valence-corrected chi connectivity index (χ0v) is 7.29. The van der Waals surface area contributed by atoms with E-state index >= 15 is 0 Å². The van der Waals surface area contributed by atoms with E-state index in [1.165, 1.54) is 0 Å². The van der Waals surface area contributed by atoms with Crippen molar-refractivity contribution in [1.82, 2.24) is 10.2 Å². The third-order valence-corrected chi connectivity index (χ3v) is 1.53. The predicted molar refractivity (Wildman–Crippen MR) is 47.8 cm³/mol. The van der Waals surface area contributed by atoms with Crippen LogP contribution in [-0.4, -0.2) is 10.2 Å². The molecule has 0 aliphatic rings. The average molecular weight is 167 g/mol. The lowest BCUT2D eigenvalue weighted by Gasteiger charge is -2.02. The van der Waals surface area contributed by atoms with Gasteiger partial charge in [0.15, 0.2) is 0 Å². The normalized spacial score (nSPS) is 10.6. The van der Waals surface area contributed by atoms with E-state index in [0.29, 0.717) is 17.3 Å². The molecule has 0 radical (unpaired) electrons. The molecule has 0 bridgehead atoms. The van der Waals surface area contributed by atoms with Crippen molar-refractivity contribution in [2.45, 2.75) is 20.3 Å². The quantitative estimate of drug-likeness (QED) is 0.675. The molecule has 0 amide bonds. The number of H-pyrrole nitrogens is 1. The van der Waals surface area contributed by atoms with Crippen LogP contribution in [0.5, 0.6) is 0 Å². The van der Waals surface area contributed by atoms with Crippen molar-refractivity contribution in [1.29, 1.82) is 0 Å². The fourth-order valence-corrected chi connectivity index (χ4v) is 1.05. The number of aromatic nitrogens is 2. The number of rotatable bonds is 2. The molecule has 0 aromatic carbocycles. The second-order valence-corrected chi connectivity index (χ2v) is 3.25. The Kier molecular flexibility index (Phi) is 2.47. The molecule has 0 aliphatic heterocycles. The van der Waals surface area contributed by atoms with Gasteiger partial charge in [0.2, 0.25) is 0 Å². The van der Waals surface area contributed by atoms with Crippen LogP contribution in [0.3, 0.4) is 0 Å². The minimum absolute atomic E-state index is 0.141. The van der Waals surface area contributed by atoms with Gasteiger partial charge in [-0.15, -0.1) is 0 Å². The lowest BCUT2D eigenvalue weighted by molar-refractivity contribution is 0.640. The zero-order valence-electron chi connectivity index (χ0n) is 7.29. The summed E-state index contributed by atoms with van der Waals surface area (Å²) in [6.07, 6.45) is 0.738. The maximum atomic E-state index is 11.1. The van der Waals surface area contributed by atoms with Gasteiger partial charge < -0.3 is 5.73 Å². The summed E-state index contributed by atoms with van der Waals surface area (Å²) >= 11 is 0. The Morgan fingerprint density at radius 1 is 1.67 bits per heavy atom. The lowest BCUT2D eigenvalue weighted by Crippen LogP contribution is -2.16. The van der Waals surface area contributed by atoms with Crippen LogP contribution in [0, 0.1) is 5.92 Å². The standard InChI is InChI=1S/C8H13N3O/c1-5(2)3-6-4-7(9)10-11-8(6)12/h4-5H,3H2,1-2H3,(H2,9,10)(H,11,12). The van der Waals surface area contributed by atoms with Gasteiger partial charge in [-0.1, -0.05) is 13.8 Å². The van der Waals surface area contributed by atoms with Crippen LogP contribution in [0.1, 0.15) is 19.4 Å². The fourth-order valence-electron chi connectivity index (χ4n) is 1.05. The number of nitrogens with one attached hydrogen (secondary N) is 1. The number of nitrogen functional groups attached to an aromatic ring is 1. The Labute approximate surface area is 70.8 Å². The lowest BCUT2D eigenvalue weighted by atomic mass is 10.1. The van der Waals surface area contributed by atoms with Gasteiger partial charge in [-0.25, -0.2) is 5.10 Å². The fraction of sp³-hybridized carbons (Fsp3) is 0.500. The van der Waals surface area contributed by atoms with Gasteiger partial charge in [-0.2, -0.15) is 5.10 Å². The maximum Gasteiger partial charge on any atom is 0.267 e. The Balaban J connectivity index is 2.98. The van der Waals surface area contributed by atoms with Crippen LogP contribution < -0.4 is 11.3 Å². The number of hydrogen-bond acceptors (Lipinski definition) is 3. The second kappa shape index (κ2) is 3.38. The average Bonchev–Trinajstić information content (AvgIpc) is 1.96. The smallest absolute Gasteiger partial charge is 0.267 e. The summed E-state index contributed by atoms with van der Waals surface area (Å²) in [7, 11) is 0. The third kappa shape index (κ3) is 2.08. The molecule has 66 valence electrons. The third-order valence-electron chi connectivity index (χ3n) is 1.53. The summed E-state index contributed by atoms with van der Waals surface area (Å²) in [6, 6.07) is 1.62. The molecule has 0 saturated carbocycles. The molecular weight excluding hydrogens is 154 g/mol. The predicted octanol–water partition coefficient (Wildman–Crippen LogP) is 0.551. The molecule has 0 fully saturated rings. The molecule has 0 unspecified atom stereocenters. The number of aromatic amines is 1. The minimum atomic E-state index is -0.141. The first-order valence-corrected chi connectivity index (χ1v) is 3.93. The zero-order chi connectivity index (χ0) is 9.14. The van der Waals surface area contributed by atoms with Crippen molar-refractivity contribution in [3.8, 4) is 0 Å². The second-order valence-electron chi connectivity index (χ2n) is 3.25. The van der Waals surface area contributed by atoms with Gasteiger partial charge in [0, 0.05) is 5.56 Å². The molecule has 1 rings (SSSR count). The number of nitrogens with two attached hydrogens (primary N) is 1. The highest BCUT2D eigenvalue weighted by molar-refractivity contribution is 5.29. The SMILES string of the molecule is CC(C)Cc1cc(N)n[nH]c1=O. The van der Waals surface area contributed by atoms with E-state index in [9.17, 15) is 4.79 Å². The van der Waals surface area contributed by atoms with E-state index in [4.69, 9.17) is 5.73 Å². The molecule has 0 atom stereocenters. The van der Waals surface area contributed by atoms with Crippen molar-refractivity contribution < 1.29 is 0 Å². The molecule has 0 aliphatic carbocycles. The highest BCUT2D eigenvalue weighted by Crippen LogP contribution is 2.03. The minimum Gasteiger partial charge on any atom is -0.382 e. The summed E-state index contributed by atoms with van der Waals surface area (Å²) in [6.45, 7) is 4.10. The van der Waals surface area contributed by atoms with E-state index in [0.717, 1.165) is 6.42 Å². The van der Waals surface area contributed by atoms with E-state index in [1.807, 2.05) is 0 Å². The van der Waals surface area contributed by atoms with E-state index in [2.05, 4.69) is 24.0 Å². The molecule has 3 N–H and O–H groups in total. The summed E-state index contributed by atoms with van der Waals surface area (Å²) in [5, 5.41) is 5.93. The molecule has 1 aromatic rings. The topological polar surface area (TPSA) is 71.8 Å². The highest BCUT2D eigenvalue weighted by atomic mass is 16.1. The van der Waals surface area contributed by atoms with Crippen LogP contribution in [0.4, 0.5) is 5.82 Å². The van der Waals surface area contributed by atoms with Crippen LogP contribution in [0.2, 0.25) is 0 Å². The molecule has 0 spiro atoms. The van der Waals surface area contributed by atoms with E-state index in [1.54, 1.807) is 6.07 Å².